The fourth-order valence-corrected chi connectivity index (χ4v) is 2.08. The van der Waals surface area contributed by atoms with E-state index in [9.17, 15) is 8.42 Å². The second kappa shape index (κ2) is 16.6. The van der Waals surface area contributed by atoms with Crippen molar-refractivity contribution in [2.24, 2.45) is 0 Å². The molecule has 122 valence electrons. The summed E-state index contributed by atoms with van der Waals surface area (Å²) >= 11 is 0. The summed E-state index contributed by atoms with van der Waals surface area (Å²) < 4.78 is 33.0. The minimum atomic E-state index is -4.23. The molecule has 0 amide bonds. The number of rotatable bonds is 12. The molecule has 0 unspecified atom stereocenters. The normalized spacial score (nSPS) is 10.8. The van der Waals surface area contributed by atoms with Crippen LogP contribution in [0.25, 0.3) is 0 Å². The van der Waals surface area contributed by atoms with Gasteiger partial charge in [0.05, 0.1) is 6.61 Å². The van der Waals surface area contributed by atoms with Crippen molar-refractivity contribution in [3.8, 4) is 0 Å². The number of hydrogen-bond acceptors (Lipinski definition) is 4. The third-order valence-electron chi connectivity index (χ3n) is 2.73. The highest BCUT2D eigenvalue weighted by Crippen LogP contribution is 2.10. The first-order valence-corrected chi connectivity index (χ1v) is 8.86. The van der Waals surface area contributed by atoms with Gasteiger partial charge in [0.15, 0.2) is 0 Å². The van der Waals surface area contributed by atoms with E-state index in [0.717, 1.165) is 19.1 Å². The van der Waals surface area contributed by atoms with Crippen LogP contribution in [0.5, 0.6) is 0 Å². The van der Waals surface area contributed by atoms with Crippen LogP contribution >= 0.6 is 0 Å². The summed E-state index contributed by atoms with van der Waals surface area (Å²) in [5.41, 5.74) is 0. The minimum absolute atomic E-state index is 0.0926. The van der Waals surface area contributed by atoms with Crippen molar-refractivity contribution >= 4 is 16.7 Å². The number of hydrogen-bond donors (Lipinski definition) is 1. The van der Waals surface area contributed by atoms with Crippen LogP contribution in [-0.4, -0.2) is 25.9 Å². The van der Waals surface area contributed by atoms with Crippen LogP contribution in [-0.2, 0) is 19.4 Å². The smallest absolute Gasteiger partial charge is 0.304 e. The highest BCUT2D eigenvalue weighted by Gasteiger charge is 2.02. The molecule has 0 radical (unpaired) electrons. The Kier molecular flexibility index (Phi) is 18.1. The third kappa shape index (κ3) is 26.2. The maximum atomic E-state index is 10.2. The summed E-state index contributed by atoms with van der Waals surface area (Å²) in [6, 6.07) is 0. The maximum Gasteiger partial charge on any atom is 0.397 e. The van der Waals surface area contributed by atoms with Gasteiger partial charge in [0.1, 0.15) is 6.29 Å². The molecule has 0 aliphatic heterocycles. The van der Waals surface area contributed by atoms with Crippen molar-refractivity contribution in [1.82, 2.24) is 0 Å². The molecule has 0 aliphatic rings. The van der Waals surface area contributed by atoms with Crippen LogP contribution in [0.1, 0.15) is 78.1 Å². The molecule has 5 nitrogen and oxygen atoms in total. The molecule has 1 N–H and O–H groups in total. The van der Waals surface area contributed by atoms with E-state index >= 15 is 0 Å². The van der Waals surface area contributed by atoms with E-state index in [4.69, 9.17) is 9.35 Å². The van der Waals surface area contributed by atoms with Crippen molar-refractivity contribution in [1.29, 1.82) is 0 Å². The molecule has 0 saturated carbocycles. The molecule has 0 spiro atoms. The molecule has 6 heteroatoms. The molecular weight excluding hydrogens is 280 g/mol. The van der Waals surface area contributed by atoms with E-state index < -0.39 is 10.4 Å². The van der Waals surface area contributed by atoms with Crippen LogP contribution in [0.3, 0.4) is 0 Å². The number of carbonyl (C=O) groups is 1. The van der Waals surface area contributed by atoms with E-state index in [1.54, 1.807) is 0 Å². The van der Waals surface area contributed by atoms with Gasteiger partial charge in [0.25, 0.3) is 0 Å². The van der Waals surface area contributed by atoms with Gasteiger partial charge in [-0.05, 0) is 13.3 Å². The summed E-state index contributed by atoms with van der Waals surface area (Å²) in [5, 5.41) is 0. The molecule has 0 bridgehead atoms. The molecule has 0 fully saturated rings. The van der Waals surface area contributed by atoms with Gasteiger partial charge in [-0.1, -0.05) is 64.7 Å². The number of carbonyl (C=O) groups excluding carboxylic acids is 1. The van der Waals surface area contributed by atoms with Crippen LogP contribution in [0.2, 0.25) is 0 Å². The molecule has 0 atom stereocenters. The van der Waals surface area contributed by atoms with Crippen LogP contribution < -0.4 is 0 Å². The van der Waals surface area contributed by atoms with E-state index in [2.05, 4.69) is 11.1 Å². The monoisotopic (exact) mass is 310 g/mol. The Labute approximate surface area is 124 Å². The summed E-state index contributed by atoms with van der Waals surface area (Å²) in [6.45, 7) is 3.75. The van der Waals surface area contributed by atoms with Gasteiger partial charge in [0, 0.05) is 0 Å². The summed E-state index contributed by atoms with van der Waals surface area (Å²) in [5.74, 6) is 0. The zero-order chi connectivity index (χ0) is 15.7. The summed E-state index contributed by atoms with van der Waals surface area (Å²) in [6.07, 6.45) is 12.6. The van der Waals surface area contributed by atoms with Crippen molar-refractivity contribution in [2.75, 3.05) is 6.61 Å². The largest absolute Gasteiger partial charge is 0.397 e. The highest BCUT2D eigenvalue weighted by molar-refractivity contribution is 7.80. The number of unbranched alkanes of at least 4 members (excludes halogenated alkanes) is 9. The van der Waals surface area contributed by atoms with Gasteiger partial charge in [-0.3, -0.25) is 4.55 Å². The second-order valence-electron chi connectivity index (χ2n) is 4.67. The van der Waals surface area contributed by atoms with E-state index in [0.29, 0.717) is 6.42 Å². The van der Waals surface area contributed by atoms with Gasteiger partial charge in [-0.2, -0.15) is 8.42 Å². The third-order valence-corrected chi connectivity index (χ3v) is 3.19. The van der Waals surface area contributed by atoms with Crippen LogP contribution in [0.15, 0.2) is 0 Å². The van der Waals surface area contributed by atoms with Crippen molar-refractivity contribution in [3.63, 3.8) is 0 Å². The van der Waals surface area contributed by atoms with Crippen molar-refractivity contribution < 1.29 is 21.9 Å². The standard InChI is InChI=1S/C12H26O4S.C2H4O/c1-2-3-4-5-6-7-8-9-10-11-12-16-17(13,14)15;1-2-3/h2-12H2,1H3,(H,13,14,15);2H,1H3. The lowest BCUT2D eigenvalue weighted by Gasteiger charge is -2.02. The Balaban J connectivity index is 0. The Morgan fingerprint density at radius 3 is 1.60 bits per heavy atom. The van der Waals surface area contributed by atoms with E-state index in [1.807, 2.05) is 0 Å². The lowest BCUT2D eigenvalue weighted by Crippen LogP contribution is -2.04. The topological polar surface area (TPSA) is 80.7 Å². The average Bonchev–Trinajstić information content (AvgIpc) is 2.35. The molecule has 0 aromatic rings. The number of aldehydes is 1. The first-order chi connectivity index (χ1) is 9.47. The molecule has 0 aliphatic carbocycles. The van der Waals surface area contributed by atoms with Gasteiger partial charge in [-0.25, -0.2) is 4.18 Å². The minimum Gasteiger partial charge on any atom is -0.304 e. The molecule has 0 heterocycles. The molecular formula is C14H30O5S. The fraction of sp³-hybridized carbons (Fsp3) is 0.929. The molecule has 0 rings (SSSR count). The lowest BCUT2D eigenvalue weighted by molar-refractivity contribution is -0.106. The summed E-state index contributed by atoms with van der Waals surface area (Å²) in [4.78, 5) is 8.81. The molecule has 20 heavy (non-hydrogen) atoms. The van der Waals surface area contributed by atoms with E-state index in [-0.39, 0.29) is 6.61 Å². The molecule has 0 saturated heterocycles. The first kappa shape index (κ1) is 21.8. The Morgan fingerprint density at radius 1 is 0.900 bits per heavy atom. The van der Waals surface area contributed by atoms with Gasteiger partial charge >= 0.3 is 10.4 Å². The average molecular weight is 310 g/mol. The zero-order valence-electron chi connectivity index (χ0n) is 12.8. The Hall–Kier alpha value is -0.460. The quantitative estimate of drug-likeness (QED) is 0.335. The summed E-state index contributed by atoms with van der Waals surface area (Å²) in [7, 11) is -4.23. The predicted octanol–water partition coefficient (Wildman–Crippen LogP) is 3.93. The predicted molar refractivity (Wildman–Crippen MR) is 81.1 cm³/mol. The van der Waals surface area contributed by atoms with Crippen LogP contribution in [0, 0.1) is 0 Å². The van der Waals surface area contributed by atoms with Gasteiger partial charge < -0.3 is 4.79 Å². The zero-order valence-corrected chi connectivity index (χ0v) is 13.7. The van der Waals surface area contributed by atoms with Gasteiger partial charge in [0.2, 0.25) is 0 Å². The van der Waals surface area contributed by atoms with Gasteiger partial charge in [-0.15, -0.1) is 0 Å². The Morgan fingerprint density at radius 2 is 1.25 bits per heavy atom. The SMILES string of the molecule is CC=O.CCCCCCCCCCCCOS(=O)(=O)O. The lowest BCUT2D eigenvalue weighted by atomic mass is 10.1. The van der Waals surface area contributed by atoms with Crippen molar-refractivity contribution in [2.45, 2.75) is 78.1 Å². The second-order valence-corrected chi connectivity index (χ2v) is 5.76. The highest BCUT2D eigenvalue weighted by atomic mass is 32.3. The van der Waals surface area contributed by atoms with Crippen molar-refractivity contribution in [3.05, 3.63) is 0 Å². The first-order valence-electron chi connectivity index (χ1n) is 7.49. The Bertz CT molecular complexity index is 288. The van der Waals surface area contributed by atoms with E-state index in [1.165, 1.54) is 51.9 Å². The fourth-order valence-electron chi connectivity index (χ4n) is 1.75. The van der Waals surface area contributed by atoms with Crippen LogP contribution in [0.4, 0.5) is 0 Å². The molecule has 0 aromatic carbocycles. The molecule has 0 aromatic heterocycles. The maximum absolute atomic E-state index is 10.2.